The summed E-state index contributed by atoms with van der Waals surface area (Å²) in [5.74, 6) is -0.106. The molecule has 0 bridgehead atoms. The highest BCUT2D eigenvalue weighted by Gasteiger charge is 2.30. The molecule has 1 heterocycles. The van der Waals surface area contributed by atoms with E-state index in [1.54, 1.807) is 7.05 Å². The van der Waals surface area contributed by atoms with Crippen LogP contribution in [0.3, 0.4) is 0 Å². The summed E-state index contributed by atoms with van der Waals surface area (Å²) in [5.41, 5.74) is 5.65. The van der Waals surface area contributed by atoms with Gasteiger partial charge in [-0.2, -0.15) is 4.31 Å². The number of sulfonamides is 1. The molecule has 0 atom stereocenters. The molecular weight excluding hydrogens is 278 g/mol. The van der Waals surface area contributed by atoms with Gasteiger partial charge in [-0.15, -0.1) is 0 Å². The summed E-state index contributed by atoms with van der Waals surface area (Å²) in [6.45, 7) is 1.78. The average Bonchev–Trinajstić information content (AvgIpc) is 2.41. The zero-order valence-electron chi connectivity index (χ0n) is 11.8. The summed E-state index contributed by atoms with van der Waals surface area (Å²) >= 11 is 0. The number of piperidine rings is 1. The molecule has 6 nitrogen and oxygen atoms in total. The van der Waals surface area contributed by atoms with Gasteiger partial charge in [0.05, 0.1) is 10.6 Å². The Morgan fingerprint density at radius 1 is 1.35 bits per heavy atom. The normalized spacial score (nSPS) is 18.6. The van der Waals surface area contributed by atoms with Gasteiger partial charge in [0.15, 0.2) is 0 Å². The van der Waals surface area contributed by atoms with Crippen molar-refractivity contribution >= 4 is 15.7 Å². The number of nitrogen functional groups attached to an aromatic ring is 1. The Balaban J connectivity index is 2.23. The lowest BCUT2D eigenvalue weighted by molar-refractivity contribution is 0.197. The molecule has 1 fully saturated rings. The van der Waals surface area contributed by atoms with Gasteiger partial charge in [-0.05, 0) is 51.2 Å². The average molecular weight is 299 g/mol. The van der Waals surface area contributed by atoms with Crippen molar-refractivity contribution in [3.8, 4) is 5.75 Å². The lowest BCUT2D eigenvalue weighted by Gasteiger charge is -2.34. The Morgan fingerprint density at radius 2 is 1.95 bits per heavy atom. The number of phenols is 1. The number of rotatable bonds is 3. The Bertz CT molecular complexity index is 581. The Hall–Kier alpha value is -1.31. The monoisotopic (exact) mass is 299 g/mol. The number of anilines is 1. The van der Waals surface area contributed by atoms with E-state index in [-0.39, 0.29) is 22.4 Å². The van der Waals surface area contributed by atoms with Crippen molar-refractivity contribution in [2.45, 2.75) is 23.8 Å². The van der Waals surface area contributed by atoms with Gasteiger partial charge < -0.3 is 15.7 Å². The highest BCUT2D eigenvalue weighted by Crippen LogP contribution is 2.27. The molecule has 0 unspecified atom stereocenters. The first kappa shape index (κ1) is 15.1. The molecule has 1 aromatic rings. The van der Waals surface area contributed by atoms with Crippen LogP contribution in [0.25, 0.3) is 0 Å². The number of aromatic hydroxyl groups is 1. The zero-order valence-corrected chi connectivity index (χ0v) is 12.6. The fourth-order valence-corrected chi connectivity index (χ4v) is 3.87. The van der Waals surface area contributed by atoms with E-state index in [4.69, 9.17) is 5.73 Å². The molecule has 1 aromatic carbocycles. The Kier molecular flexibility index (Phi) is 4.22. The second kappa shape index (κ2) is 5.59. The molecule has 0 aromatic heterocycles. The highest BCUT2D eigenvalue weighted by molar-refractivity contribution is 7.89. The molecule has 20 heavy (non-hydrogen) atoms. The third kappa shape index (κ3) is 2.89. The van der Waals surface area contributed by atoms with Crippen LogP contribution in [0, 0.1) is 0 Å². The van der Waals surface area contributed by atoms with Crippen LogP contribution in [0.1, 0.15) is 12.8 Å². The van der Waals surface area contributed by atoms with Crippen LogP contribution in [-0.4, -0.2) is 56.0 Å². The van der Waals surface area contributed by atoms with Crippen molar-refractivity contribution in [2.24, 2.45) is 0 Å². The molecule has 2 rings (SSSR count). The summed E-state index contributed by atoms with van der Waals surface area (Å²) in [5, 5.41) is 9.39. The molecule has 1 aliphatic rings. The molecular formula is C13H21N3O3S. The van der Waals surface area contributed by atoms with Crippen molar-refractivity contribution in [2.75, 3.05) is 32.9 Å². The number of hydrogen-bond acceptors (Lipinski definition) is 5. The fraction of sp³-hybridized carbons (Fsp3) is 0.538. The second-order valence-corrected chi connectivity index (χ2v) is 7.27. The molecule has 112 valence electrons. The maximum Gasteiger partial charge on any atom is 0.243 e. The van der Waals surface area contributed by atoms with Crippen LogP contribution in [0.15, 0.2) is 23.1 Å². The minimum Gasteiger partial charge on any atom is -0.506 e. The first-order chi connectivity index (χ1) is 9.32. The number of nitrogens with two attached hydrogens (primary N) is 1. The van der Waals surface area contributed by atoms with Gasteiger partial charge in [-0.25, -0.2) is 8.42 Å². The van der Waals surface area contributed by atoms with Gasteiger partial charge >= 0.3 is 0 Å². The number of likely N-dealkylation sites (tertiary alicyclic amines) is 1. The third-order valence-electron chi connectivity index (χ3n) is 3.88. The van der Waals surface area contributed by atoms with Gasteiger partial charge in [-0.1, -0.05) is 0 Å². The van der Waals surface area contributed by atoms with Crippen LogP contribution in [0.5, 0.6) is 5.75 Å². The van der Waals surface area contributed by atoms with E-state index < -0.39 is 10.0 Å². The van der Waals surface area contributed by atoms with E-state index in [9.17, 15) is 13.5 Å². The van der Waals surface area contributed by atoms with Crippen LogP contribution >= 0.6 is 0 Å². The lowest BCUT2D eigenvalue weighted by Crippen LogP contribution is -2.44. The van der Waals surface area contributed by atoms with E-state index in [1.807, 2.05) is 7.05 Å². The summed E-state index contributed by atoms with van der Waals surface area (Å²) in [4.78, 5) is 2.31. The number of phenolic OH excluding ortho intramolecular Hbond substituents is 1. The largest absolute Gasteiger partial charge is 0.506 e. The SMILES string of the molecule is CN1CCC(N(C)S(=O)(=O)c2ccc(O)c(N)c2)CC1. The van der Waals surface area contributed by atoms with Crippen molar-refractivity contribution in [1.29, 1.82) is 0 Å². The molecule has 3 N–H and O–H groups in total. The van der Waals surface area contributed by atoms with Crippen molar-refractivity contribution in [1.82, 2.24) is 9.21 Å². The minimum atomic E-state index is -3.57. The van der Waals surface area contributed by atoms with E-state index >= 15 is 0 Å². The molecule has 0 radical (unpaired) electrons. The first-order valence-electron chi connectivity index (χ1n) is 6.57. The van der Waals surface area contributed by atoms with Gasteiger partial charge in [0.2, 0.25) is 10.0 Å². The van der Waals surface area contributed by atoms with Gasteiger partial charge in [0, 0.05) is 13.1 Å². The van der Waals surface area contributed by atoms with Crippen molar-refractivity contribution in [3.05, 3.63) is 18.2 Å². The molecule has 7 heteroatoms. The highest BCUT2D eigenvalue weighted by atomic mass is 32.2. The minimum absolute atomic E-state index is 0.00577. The van der Waals surface area contributed by atoms with E-state index in [2.05, 4.69) is 4.90 Å². The van der Waals surface area contributed by atoms with E-state index in [1.165, 1.54) is 22.5 Å². The first-order valence-corrected chi connectivity index (χ1v) is 8.01. The smallest absolute Gasteiger partial charge is 0.243 e. The van der Waals surface area contributed by atoms with Crippen LogP contribution in [0.2, 0.25) is 0 Å². The Labute approximate surface area is 119 Å². The van der Waals surface area contributed by atoms with Gasteiger partial charge in [0.1, 0.15) is 5.75 Å². The maximum absolute atomic E-state index is 12.6. The standard InChI is InChI=1S/C13H21N3O3S/c1-15-7-5-10(6-8-15)16(2)20(18,19)11-3-4-13(17)12(14)9-11/h3-4,9-10,17H,5-8,14H2,1-2H3. The Morgan fingerprint density at radius 3 is 2.50 bits per heavy atom. The second-order valence-electron chi connectivity index (χ2n) is 5.28. The summed E-state index contributed by atoms with van der Waals surface area (Å²) in [6.07, 6.45) is 1.64. The fourth-order valence-electron chi connectivity index (χ4n) is 2.41. The lowest BCUT2D eigenvalue weighted by atomic mass is 10.1. The van der Waals surface area contributed by atoms with Gasteiger partial charge in [0.25, 0.3) is 0 Å². The molecule has 0 aliphatic carbocycles. The molecule has 0 amide bonds. The maximum atomic E-state index is 12.6. The number of nitrogens with zero attached hydrogens (tertiary/aromatic N) is 2. The van der Waals surface area contributed by atoms with E-state index in [0.717, 1.165) is 25.9 Å². The van der Waals surface area contributed by atoms with Gasteiger partial charge in [-0.3, -0.25) is 0 Å². The molecule has 1 saturated heterocycles. The third-order valence-corrected chi connectivity index (χ3v) is 5.78. The summed E-state index contributed by atoms with van der Waals surface area (Å²) in [6, 6.07) is 4.00. The van der Waals surface area contributed by atoms with Crippen LogP contribution in [-0.2, 0) is 10.0 Å². The van der Waals surface area contributed by atoms with Crippen molar-refractivity contribution < 1.29 is 13.5 Å². The number of hydrogen-bond donors (Lipinski definition) is 2. The van der Waals surface area contributed by atoms with Crippen molar-refractivity contribution in [3.63, 3.8) is 0 Å². The van der Waals surface area contributed by atoms with E-state index in [0.29, 0.717) is 0 Å². The molecule has 1 aliphatic heterocycles. The zero-order chi connectivity index (χ0) is 14.9. The topological polar surface area (TPSA) is 86.9 Å². The quantitative estimate of drug-likeness (QED) is 0.633. The summed E-state index contributed by atoms with van der Waals surface area (Å²) in [7, 11) is 0.0670. The predicted molar refractivity (Wildman–Crippen MR) is 78.0 cm³/mol. The predicted octanol–water partition coefficient (Wildman–Crippen LogP) is 0.689. The molecule has 0 spiro atoms. The van der Waals surface area contributed by atoms with Crippen LogP contribution < -0.4 is 5.73 Å². The summed E-state index contributed by atoms with van der Waals surface area (Å²) < 4.78 is 26.5. The van der Waals surface area contributed by atoms with Crippen LogP contribution in [0.4, 0.5) is 5.69 Å². The number of benzene rings is 1. The molecule has 0 saturated carbocycles.